The van der Waals surface area contributed by atoms with Crippen LogP contribution in [-0.4, -0.2) is 22.8 Å². The SMILES string of the molecule is O=C(O)CC/C=C/CCCCCCCCCCCCCCCCCO. The third-order valence-electron chi connectivity index (χ3n) is 4.72. The van der Waals surface area contributed by atoms with Gasteiger partial charge in [0.05, 0.1) is 0 Å². The van der Waals surface area contributed by atoms with Crippen LogP contribution in [0.2, 0.25) is 0 Å². The summed E-state index contributed by atoms with van der Waals surface area (Å²) >= 11 is 0. The molecule has 0 fully saturated rings. The number of allylic oxidation sites excluding steroid dienone is 2. The standard InChI is InChI=1S/C22H42O3/c23-21-19-17-15-13-11-9-7-5-3-1-2-4-6-8-10-12-14-16-18-20-22(24)25/h14,16,23H,1-13,15,17-21H2,(H,24,25)/b16-14+. The molecule has 0 saturated heterocycles. The Morgan fingerprint density at radius 2 is 0.920 bits per heavy atom. The van der Waals surface area contributed by atoms with Gasteiger partial charge >= 0.3 is 5.97 Å². The predicted molar refractivity (Wildman–Crippen MR) is 107 cm³/mol. The van der Waals surface area contributed by atoms with Gasteiger partial charge in [-0.1, -0.05) is 95.6 Å². The van der Waals surface area contributed by atoms with Crippen molar-refractivity contribution in [2.45, 2.75) is 116 Å². The number of aliphatic hydroxyl groups is 1. The minimum absolute atomic E-state index is 0.251. The molecule has 3 heteroatoms. The van der Waals surface area contributed by atoms with Crippen LogP contribution in [0.4, 0.5) is 0 Å². The topological polar surface area (TPSA) is 57.5 Å². The molecule has 0 heterocycles. The summed E-state index contributed by atoms with van der Waals surface area (Å²) in [7, 11) is 0. The highest BCUT2D eigenvalue weighted by Crippen LogP contribution is 2.13. The van der Waals surface area contributed by atoms with E-state index in [1.807, 2.05) is 6.08 Å². The fraction of sp³-hybridized carbons (Fsp3) is 0.864. The van der Waals surface area contributed by atoms with E-state index in [0.29, 0.717) is 13.0 Å². The van der Waals surface area contributed by atoms with Gasteiger partial charge in [0, 0.05) is 13.0 Å². The van der Waals surface area contributed by atoms with Gasteiger partial charge in [-0.25, -0.2) is 0 Å². The molecular formula is C22H42O3. The Morgan fingerprint density at radius 3 is 1.32 bits per heavy atom. The molecule has 0 saturated carbocycles. The van der Waals surface area contributed by atoms with Crippen LogP contribution in [-0.2, 0) is 4.79 Å². The number of rotatable bonds is 20. The van der Waals surface area contributed by atoms with Gasteiger partial charge < -0.3 is 10.2 Å². The molecule has 148 valence electrons. The van der Waals surface area contributed by atoms with Crippen LogP contribution in [0, 0.1) is 0 Å². The lowest BCUT2D eigenvalue weighted by Gasteiger charge is -2.03. The molecule has 0 amide bonds. The van der Waals surface area contributed by atoms with Gasteiger partial charge in [-0.3, -0.25) is 4.79 Å². The van der Waals surface area contributed by atoms with Crippen molar-refractivity contribution in [3.8, 4) is 0 Å². The Morgan fingerprint density at radius 1 is 0.560 bits per heavy atom. The van der Waals surface area contributed by atoms with Crippen molar-refractivity contribution in [1.29, 1.82) is 0 Å². The van der Waals surface area contributed by atoms with Crippen LogP contribution in [0.15, 0.2) is 12.2 Å². The monoisotopic (exact) mass is 354 g/mol. The first-order valence-corrected chi connectivity index (χ1v) is 10.7. The molecule has 0 unspecified atom stereocenters. The maximum absolute atomic E-state index is 10.4. The summed E-state index contributed by atoms with van der Waals surface area (Å²) in [5.74, 6) is -0.709. The van der Waals surface area contributed by atoms with Crippen molar-refractivity contribution in [1.82, 2.24) is 0 Å². The highest BCUT2D eigenvalue weighted by atomic mass is 16.4. The summed E-state index contributed by atoms with van der Waals surface area (Å²) in [6, 6.07) is 0. The van der Waals surface area contributed by atoms with Gasteiger partial charge in [-0.2, -0.15) is 0 Å². The lowest BCUT2D eigenvalue weighted by molar-refractivity contribution is -0.136. The predicted octanol–water partition coefficient (Wildman–Crippen LogP) is 6.64. The average Bonchev–Trinajstić information content (AvgIpc) is 2.60. The molecule has 0 aromatic heterocycles. The molecule has 0 aromatic carbocycles. The number of aliphatic hydroxyl groups excluding tert-OH is 1. The summed E-state index contributed by atoms with van der Waals surface area (Å²) in [5, 5.41) is 17.2. The van der Waals surface area contributed by atoms with E-state index in [1.54, 1.807) is 0 Å². The number of carboxylic acid groups (broad SMARTS) is 1. The van der Waals surface area contributed by atoms with Crippen LogP contribution < -0.4 is 0 Å². The zero-order valence-electron chi connectivity index (χ0n) is 16.4. The van der Waals surface area contributed by atoms with Gasteiger partial charge in [-0.15, -0.1) is 0 Å². The van der Waals surface area contributed by atoms with E-state index < -0.39 is 5.97 Å². The first-order valence-electron chi connectivity index (χ1n) is 10.7. The Labute approximate surface area is 155 Å². The summed E-state index contributed by atoms with van der Waals surface area (Å²) in [4.78, 5) is 10.4. The number of hydrogen-bond donors (Lipinski definition) is 2. The fourth-order valence-electron chi connectivity index (χ4n) is 3.11. The highest BCUT2D eigenvalue weighted by Gasteiger charge is 1.95. The van der Waals surface area contributed by atoms with E-state index in [4.69, 9.17) is 10.2 Å². The van der Waals surface area contributed by atoms with Gasteiger partial charge in [-0.05, 0) is 25.7 Å². The van der Waals surface area contributed by atoms with Gasteiger partial charge in [0.2, 0.25) is 0 Å². The second kappa shape index (κ2) is 21.2. The molecule has 2 N–H and O–H groups in total. The molecule has 25 heavy (non-hydrogen) atoms. The molecule has 0 bridgehead atoms. The Bertz CT molecular complexity index is 300. The van der Waals surface area contributed by atoms with Gasteiger partial charge in [0.25, 0.3) is 0 Å². The lowest BCUT2D eigenvalue weighted by Crippen LogP contribution is -1.91. The molecule has 0 aliphatic rings. The van der Waals surface area contributed by atoms with Gasteiger partial charge in [0.15, 0.2) is 0 Å². The zero-order valence-corrected chi connectivity index (χ0v) is 16.4. The first-order chi connectivity index (χ1) is 12.3. The second-order valence-corrected chi connectivity index (χ2v) is 7.22. The number of carbonyl (C=O) groups is 1. The Hall–Kier alpha value is -0.830. The second-order valence-electron chi connectivity index (χ2n) is 7.22. The van der Waals surface area contributed by atoms with E-state index in [1.165, 1.54) is 89.9 Å². The molecule has 0 rings (SSSR count). The molecule has 0 aromatic rings. The van der Waals surface area contributed by atoms with Crippen LogP contribution >= 0.6 is 0 Å². The number of unbranched alkanes of at least 4 members (excludes halogenated alkanes) is 15. The normalized spacial score (nSPS) is 11.4. The van der Waals surface area contributed by atoms with Crippen LogP contribution in [0.5, 0.6) is 0 Å². The van der Waals surface area contributed by atoms with E-state index >= 15 is 0 Å². The Balaban J connectivity index is 3.04. The fourth-order valence-corrected chi connectivity index (χ4v) is 3.11. The zero-order chi connectivity index (χ0) is 18.4. The quantitative estimate of drug-likeness (QED) is 0.190. The van der Waals surface area contributed by atoms with E-state index in [0.717, 1.165) is 12.8 Å². The molecule has 0 spiro atoms. The molecule has 0 aliphatic heterocycles. The maximum atomic E-state index is 10.4. The third-order valence-corrected chi connectivity index (χ3v) is 4.72. The van der Waals surface area contributed by atoms with Crippen molar-refractivity contribution in [2.24, 2.45) is 0 Å². The Kier molecular flexibility index (Phi) is 20.5. The van der Waals surface area contributed by atoms with Crippen LogP contribution in [0.1, 0.15) is 116 Å². The summed E-state index contributed by atoms with van der Waals surface area (Å²) in [6.45, 7) is 0.353. The molecule has 0 radical (unpaired) electrons. The summed E-state index contributed by atoms with van der Waals surface area (Å²) < 4.78 is 0. The van der Waals surface area contributed by atoms with Crippen LogP contribution in [0.25, 0.3) is 0 Å². The molecular weight excluding hydrogens is 312 g/mol. The number of hydrogen-bond acceptors (Lipinski definition) is 2. The summed E-state index contributed by atoms with van der Waals surface area (Å²) in [6.07, 6.45) is 25.9. The van der Waals surface area contributed by atoms with Gasteiger partial charge in [0.1, 0.15) is 0 Å². The molecule has 0 aliphatic carbocycles. The smallest absolute Gasteiger partial charge is 0.303 e. The summed E-state index contributed by atoms with van der Waals surface area (Å²) in [5.41, 5.74) is 0. The van der Waals surface area contributed by atoms with Crippen molar-refractivity contribution in [2.75, 3.05) is 6.61 Å². The minimum atomic E-state index is -0.709. The minimum Gasteiger partial charge on any atom is -0.481 e. The number of aliphatic carboxylic acids is 1. The van der Waals surface area contributed by atoms with E-state index in [9.17, 15) is 4.79 Å². The molecule has 0 atom stereocenters. The van der Waals surface area contributed by atoms with Crippen molar-refractivity contribution in [3.05, 3.63) is 12.2 Å². The van der Waals surface area contributed by atoms with Crippen molar-refractivity contribution >= 4 is 5.97 Å². The largest absolute Gasteiger partial charge is 0.481 e. The average molecular weight is 355 g/mol. The van der Waals surface area contributed by atoms with Crippen molar-refractivity contribution < 1.29 is 15.0 Å². The van der Waals surface area contributed by atoms with E-state index in [-0.39, 0.29) is 6.42 Å². The molecule has 3 nitrogen and oxygen atoms in total. The maximum Gasteiger partial charge on any atom is 0.303 e. The number of carboxylic acids is 1. The van der Waals surface area contributed by atoms with E-state index in [2.05, 4.69) is 6.08 Å². The van der Waals surface area contributed by atoms with Crippen LogP contribution in [0.3, 0.4) is 0 Å². The first kappa shape index (κ1) is 24.2. The third kappa shape index (κ3) is 23.2. The van der Waals surface area contributed by atoms with Crippen molar-refractivity contribution in [3.63, 3.8) is 0 Å². The lowest BCUT2D eigenvalue weighted by atomic mass is 10.0. The highest BCUT2D eigenvalue weighted by molar-refractivity contribution is 5.66.